The van der Waals surface area contributed by atoms with E-state index in [4.69, 9.17) is 4.74 Å². The first kappa shape index (κ1) is 18.9. The van der Waals surface area contributed by atoms with Crippen LogP contribution in [0.15, 0.2) is 66.7 Å². The van der Waals surface area contributed by atoms with Gasteiger partial charge in [-0.1, -0.05) is 99.0 Å². The summed E-state index contributed by atoms with van der Waals surface area (Å²) in [6.45, 7) is 2.77. The van der Waals surface area contributed by atoms with Crippen LogP contribution < -0.4 is 10.4 Å². The zero-order valence-corrected chi connectivity index (χ0v) is 16.5. The van der Waals surface area contributed by atoms with Gasteiger partial charge in [0.05, 0.1) is 6.61 Å². The van der Waals surface area contributed by atoms with E-state index in [-0.39, 0.29) is 0 Å². The molecule has 3 aromatic rings. The second-order valence-corrected chi connectivity index (χ2v) is 7.59. The molecule has 2 heteroatoms. The highest BCUT2D eigenvalue weighted by atomic mass is 16.6. The van der Waals surface area contributed by atoms with Crippen molar-refractivity contribution in [2.75, 3.05) is 6.61 Å². The molecule has 1 N–H and O–H groups in total. The molecule has 0 saturated carbocycles. The second kappa shape index (κ2) is 8.30. The van der Waals surface area contributed by atoms with Gasteiger partial charge in [-0.05, 0) is 33.2 Å². The molecule has 144 valence electrons. The molecule has 0 aliphatic heterocycles. The van der Waals surface area contributed by atoms with E-state index < -0.39 is 5.79 Å². The lowest BCUT2D eigenvalue weighted by Crippen LogP contribution is -2.45. The van der Waals surface area contributed by atoms with Crippen LogP contribution in [-0.2, 0) is 4.74 Å². The summed E-state index contributed by atoms with van der Waals surface area (Å²) in [6, 6.07) is 22.9. The molecule has 4 rings (SSSR count). The first-order valence-electron chi connectivity index (χ1n) is 10.4. The summed E-state index contributed by atoms with van der Waals surface area (Å²) < 4.78 is 6.18. The number of ether oxygens (including phenoxy) is 1. The topological polar surface area (TPSA) is 29.5 Å². The number of hydrogen-bond donors (Lipinski definition) is 1. The molecule has 0 aromatic heterocycles. The Balaban J connectivity index is 1.84. The van der Waals surface area contributed by atoms with Crippen molar-refractivity contribution in [3.63, 3.8) is 0 Å². The van der Waals surface area contributed by atoms with Crippen LogP contribution in [0.3, 0.4) is 0 Å². The molecule has 1 atom stereocenters. The molecule has 0 unspecified atom stereocenters. The number of unbranched alkanes of at least 4 members (excludes halogenated alkanes) is 3. The number of hydrogen-bond acceptors (Lipinski definition) is 2. The van der Waals surface area contributed by atoms with E-state index in [2.05, 4.69) is 67.6 Å². The van der Waals surface area contributed by atoms with Gasteiger partial charge < -0.3 is 9.84 Å². The zero-order valence-electron chi connectivity index (χ0n) is 16.5. The molecule has 0 heterocycles. The Morgan fingerprint density at radius 2 is 1.68 bits per heavy atom. The largest absolute Gasteiger partial charge is 0.361 e. The molecule has 3 aromatic carbocycles. The maximum Gasteiger partial charge on any atom is 0.197 e. The Hall–Kier alpha value is -2.42. The van der Waals surface area contributed by atoms with Gasteiger partial charge in [-0.3, -0.25) is 0 Å². The fourth-order valence-corrected chi connectivity index (χ4v) is 4.16. The van der Waals surface area contributed by atoms with Crippen LogP contribution in [-0.4, -0.2) is 17.5 Å². The van der Waals surface area contributed by atoms with E-state index in [9.17, 15) is 5.11 Å². The van der Waals surface area contributed by atoms with Crippen LogP contribution in [0.1, 0.15) is 44.6 Å². The van der Waals surface area contributed by atoms with Gasteiger partial charge in [-0.2, -0.15) is 0 Å². The van der Waals surface area contributed by atoms with Gasteiger partial charge in [0.15, 0.2) is 5.79 Å². The first-order valence-corrected chi connectivity index (χ1v) is 10.4. The first-order chi connectivity index (χ1) is 13.7. The van der Waals surface area contributed by atoms with Crippen molar-refractivity contribution in [3.8, 4) is 0 Å². The third-order valence-corrected chi connectivity index (χ3v) is 5.62. The zero-order chi connectivity index (χ0) is 19.4. The Labute approximate surface area is 166 Å². The molecule has 0 saturated heterocycles. The maximum absolute atomic E-state index is 11.7. The summed E-state index contributed by atoms with van der Waals surface area (Å²) >= 11 is 0. The molecule has 0 spiro atoms. The normalized spacial score (nSPS) is 18.7. The van der Waals surface area contributed by atoms with Gasteiger partial charge in [-0.25, -0.2) is 0 Å². The highest BCUT2D eigenvalue weighted by Crippen LogP contribution is 2.35. The van der Waals surface area contributed by atoms with Crippen molar-refractivity contribution >= 4 is 22.4 Å². The van der Waals surface area contributed by atoms with E-state index >= 15 is 0 Å². The Bertz CT molecular complexity index is 1080. The predicted molar refractivity (Wildman–Crippen MR) is 116 cm³/mol. The minimum absolute atomic E-state index is 0.469. The van der Waals surface area contributed by atoms with Crippen molar-refractivity contribution in [2.45, 2.75) is 44.8 Å². The lowest BCUT2D eigenvalue weighted by Gasteiger charge is -2.33. The van der Waals surface area contributed by atoms with Crippen LogP contribution in [0, 0.1) is 0 Å². The van der Waals surface area contributed by atoms with Gasteiger partial charge in [0.2, 0.25) is 0 Å². The molecular weight excluding hydrogens is 344 g/mol. The third kappa shape index (κ3) is 3.63. The van der Waals surface area contributed by atoms with E-state index in [1.165, 1.54) is 18.2 Å². The molecule has 1 aliphatic carbocycles. The van der Waals surface area contributed by atoms with Crippen LogP contribution >= 0.6 is 0 Å². The Morgan fingerprint density at radius 1 is 0.893 bits per heavy atom. The Kier molecular flexibility index (Phi) is 5.61. The smallest absolute Gasteiger partial charge is 0.197 e. The molecule has 0 radical (unpaired) electrons. The van der Waals surface area contributed by atoms with Crippen LogP contribution in [0.2, 0.25) is 0 Å². The third-order valence-electron chi connectivity index (χ3n) is 5.62. The number of aliphatic hydroxyl groups is 1. The summed E-state index contributed by atoms with van der Waals surface area (Å²) in [6.07, 6.45) is 7.07. The van der Waals surface area contributed by atoms with E-state index in [1.807, 2.05) is 12.1 Å². The SMILES string of the molecule is CCCCCCO[C@]1(O)CC=c2ccccc2=C1c1cccc2ccccc12. The predicted octanol–water partition coefficient (Wildman–Crippen LogP) is 4.51. The molecule has 0 fully saturated rings. The van der Waals surface area contributed by atoms with Crippen molar-refractivity contribution < 1.29 is 9.84 Å². The van der Waals surface area contributed by atoms with Gasteiger partial charge in [0.1, 0.15) is 0 Å². The average molecular weight is 373 g/mol. The molecule has 0 bridgehead atoms. The summed E-state index contributed by atoms with van der Waals surface area (Å²) in [5, 5.41) is 16.2. The molecule has 2 nitrogen and oxygen atoms in total. The number of rotatable bonds is 7. The van der Waals surface area contributed by atoms with E-state index in [1.54, 1.807) is 0 Å². The minimum atomic E-state index is -1.30. The lowest BCUT2D eigenvalue weighted by atomic mass is 9.86. The van der Waals surface area contributed by atoms with Crippen molar-refractivity contribution in [2.24, 2.45) is 0 Å². The summed E-state index contributed by atoms with van der Waals surface area (Å²) in [5.74, 6) is -1.30. The van der Waals surface area contributed by atoms with Gasteiger partial charge >= 0.3 is 0 Å². The lowest BCUT2D eigenvalue weighted by molar-refractivity contribution is -0.154. The van der Waals surface area contributed by atoms with Crippen molar-refractivity contribution in [1.29, 1.82) is 0 Å². The molecule has 0 amide bonds. The molecule has 28 heavy (non-hydrogen) atoms. The van der Waals surface area contributed by atoms with Crippen LogP contribution in [0.5, 0.6) is 0 Å². The minimum Gasteiger partial charge on any atom is -0.361 e. The standard InChI is InChI=1S/C26H28O2/c1-2-3-4-9-19-28-26(27)18-17-21-12-6-8-15-23(21)25(26)24-16-10-13-20-11-5-7-14-22(20)24/h5-8,10-17,27H,2-4,9,18-19H2,1H3/t26-/m1/s1. The summed E-state index contributed by atoms with van der Waals surface area (Å²) in [5.41, 5.74) is 1.94. The summed E-state index contributed by atoms with van der Waals surface area (Å²) in [7, 11) is 0. The number of fused-ring (bicyclic) bond motifs is 2. The number of benzene rings is 3. The Morgan fingerprint density at radius 3 is 2.57 bits per heavy atom. The highest BCUT2D eigenvalue weighted by Gasteiger charge is 2.35. The van der Waals surface area contributed by atoms with Crippen LogP contribution in [0.25, 0.3) is 22.4 Å². The second-order valence-electron chi connectivity index (χ2n) is 7.59. The van der Waals surface area contributed by atoms with Crippen molar-refractivity contribution in [3.05, 3.63) is 82.7 Å². The molecular formula is C26H28O2. The van der Waals surface area contributed by atoms with E-state index in [0.29, 0.717) is 13.0 Å². The van der Waals surface area contributed by atoms with E-state index in [0.717, 1.165) is 39.8 Å². The quantitative estimate of drug-likeness (QED) is 0.488. The van der Waals surface area contributed by atoms with Gasteiger partial charge in [-0.15, -0.1) is 0 Å². The highest BCUT2D eigenvalue weighted by molar-refractivity contribution is 5.95. The fraction of sp³-hybridized carbons (Fsp3) is 0.308. The maximum atomic E-state index is 11.7. The fourth-order valence-electron chi connectivity index (χ4n) is 4.16. The van der Waals surface area contributed by atoms with Gasteiger partial charge in [0, 0.05) is 12.0 Å². The van der Waals surface area contributed by atoms with Crippen molar-refractivity contribution in [1.82, 2.24) is 0 Å². The van der Waals surface area contributed by atoms with Gasteiger partial charge in [0.25, 0.3) is 0 Å². The monoisotopic (exact) mass is 372 g/mol. The molecule has 1 aliphatic rings. The summed E-state index contributed by atoms with van der Waals surface area (Å²) in [4.78, 5) is 0. The average Bonchev–Trinajstić information content (AvgIpc) is 2.73. The van der Waals surface area contributed by atoms with Crippen LogP contribution in [0.4, 0.5) is 0 Å².